The highest BCUT2D eigenvalue weighted by Crippen LogP contribution is 2.06. The molecule has 0 bridgehead atoms. The molecule has 11 N–H and O–H groups in total. The highest BCUT2D eigenvalue weighted by atomic mass is 16.4. The van der Waals surface area contributed by atoms with Crippen molar-refractivity contribution in [2.45, 2.75) is 82.8 Å². The van der Waals surface area contributed by atoms with Crippen molar-refractivity contribution in [3.63, 3.8) is 0 Å². The topological polar surface area (TPSA) is 295 Å². The quantitative estimate of drug-likeness (QED) is 0.0763. The predicted molar refractivity (Wildman–Crippen MR) is 131 cm³/mol. The van der Waals surface area contributed by atoms with E-state index in [-0.39, 0.29) is 6.42 Å². The Labute approximate surface area is 223 Å². The minimum Gasteiger partial charge on any atom is -0.481 e. The second-order valence-electron chi connectivity index (χ2n) is 9.07. The van der Waals surface area contributed by atoms with E-state index in [1.54, 1.807) is 0 Å². The lowest BCUT2D eigenvalue weighted by molar-refractivity contribution is -0.144. The summed E-state index contributed by atoms with van der Waals surface area (Å²) in [6.07, 6.45) is -3.22. The summed E-state index contributed by atoms with van der Waals surface area (Å²) in [5.41, 5.74) is 5.58. The number of hydrogen-bond donors (Lipinski definition) is 10. The number of carboxylic acid groups (broad SMARTS) is 3. The molecule has 0 aromatic carbocycles. The molecular weight excluding hydrogens is 526 g/mol. The standard InChI is InChI=1S/C22H37N5O12/c1-9(2)16(26-19(35)13(8-28)25-18(34)11(23)4-6-14(30)31)20(36)27-17(10(3)29)21(37)24-12(22(38)39)5-7-15(32)33/h9-13,16-17,28-29H,4-8,23H2,1-3H3,(H,24,37)(H,25,34)(H,26,35)(H,27,36)(H,30,31)(H,32,33)(H,38,39)/t10-,11+,12+,13+,16+,17+/m1/s1. The van der Waals surface area contributed by atoms with Crippen LogP contribution in [0.15, 0.2) is 0 Å². The molecule has 0 saturated carbocycles. The Morgan fingerprint density at radius 2 is 1.13 bits per heavy atom. The molecule has 0 spiro atoms. The third kappa shape index (κ3) is 13.0. The zero-order valence-electron chi connectivity index (χ0n) is 21.7. The van der Waals surface area contributed by atoms with Crippen LogP contribution in [0.3, 0.4) is 0 Å². The monoisotopic (exact) mass is 563 g/mol. The SMILES string of the molecule is CC(C)[C@H](NC(=O)[C@H](CO)NC(=O)[C@@H](N)CCC(=O)O)C(=O)N[C@H](C(=O)N[C@@H](CCC(=O)O)C(=O)O)[C@@H](C)O. The number of aliphatic carboxylic acids is 3. The van der Waals surface area contributed by atoms with Gasteiger partial charge in [0.05, 0.1) is 18.8 Å². The number of carbonyl (C=O) groups is 7. The molecule has 0 aliphatic rings. The van der Waals surface area contributed by atoms with E-state index in [0.717, 1.165) is 6.92 Å². The van der Waals surface area contributed by atoms with Crippen molar-refractivity contribution in [3.8, 4) is 0 Å². The van der Waals surface area contributed by atoms with Gasteiger partial charge < -0.3 is 52.5 Å². The number of hydrogen-bond acceptors (Lipinski definition) is 10. The van der Waals surface area contributed by atoms with Crippen LogP contribution in [0.4, 0.5) is 0 Å². The summed E-state index contributed by atoms with van der Waals surface area (Å²) < 4.78 is 0. The largest absolute Gasteiger partial charge is 0.481 e. The molecular formula is C22H37N5O12. The summed E-state index contributed by atoms with van der Waals surface area (Å²) in [7, 11) is 0. The zero-order valence-corrected chi connectivity index (χ0v) is 21.7. The lowest BCUT2D eigenvalue weighted by Crippen LogP contribution is -2.61. The smallest absolute Gasteiger partial charge is 0.326 e. The van der Waals surface area contributed by atoms with Gasteiger partial charge in [0.25, 0.3) is 0 Å². The molecule has 17 heteroatoms. The minimum absolute atomic E-state index is 0.236. The van der Waals surface area contributed by atoms with E-state index in [1.165, 1.54) is 13.8 Å². The number of aliphatic hydroxyl groups is 2. The van der Waals surface area contributed by atoms with Gasteiger partial charge >= 0.3 is 17.9 Å². The molecule has 0 unspecified atom stereocenters. The van der Waals surface area contributed by atoms with E-state index in [0.29, 0.717) is 0 Å². The van der Waals surface area contributed by atoms with Gasteiger partial charge in [-0.2, -0.15) is 0 Å². The summed E-state index contributed by atoms with van der Waals surface area (Å²) in [5.74, 6) is -8.68. The summed E-state index contributed by atoms with van der Waals surface area (Å²) >= 11 is 0. The lowest BCUT2D eigenvalue weighted by atomic mass is 10.0. The van der Waals surface area contributed by atoms with E-state index in [2.05, 4.69) is 21.3 Å². The van der Waals surface area contributed by atoms with Gasteiger partial charge in [-0.15, -0.1) is 0 Å². The number of carbonyl (C=O) groups excluding carboxylic acids is 4. The van der Waals surface area contributed by atoms with Crippen LogP contribution in [0.25, 0.3) is 0 Å². The third-order valence-corrected chi connectivity index (χ3v) is 5.39. The van der Waals surface area contributed by atoms with Gasteiger partial charge in [0.15, 0.2) is 0 Å². The molecule has 0 aromatic heterocycles. The van der Waals surface area contributed by atoms with Crippen molar-refractivity contribution in [1.82, 2.24) is 21.3 Å². The van der Waals surface area contributed by atoms with Crippen LogP contribution in [-0.2, 0) is 33.6 Å². The van der Waals surface area contributed by atoms with Crippen molar-refractivity contribution < 1.29 is 59.1 Å². The summed E-state index contributed by atoms with van der Waals surface area (Å²) in [6, 6.07) is -7.53. The lowest BCUT2D eigenvalue weighted by Gasteiger charge is -2.28. The molecule has 0 aromatic rings. The number of carboxylic acids is 3. The Morgan fingerprint density at radius 3 is 1.56 bits per heavy atom. The van der Waals surface area contributed by atoms with E-state index in [9.17, 15) is 48.9 Å². The molecule has 0 heterocycles. The summed E-state index contributed by atoms with van der Waals surface area (Å²) in [6.45, 7) is 3.26. The van der Waals surface area contributed by atoms with Gasteiger partial charge in [0.2, 0.25) is 23.6 Å². The average molecular weight is 564 g/mol. The van der Waals surface area contributed by atoms with Gasteiger partial charge in [0.1, 0.15) is 24.2 Å². The molecule has 0 fully saturated rings. The first-order valence-corrected chi connectivity index (χ1v) is 11.9. The number of nitrogens with one attached hydrogen (secondary N) is 4. The van der Waals surface area contributed by atoms with Crippen LogP contribution >= 0.6 is 0 Å². The summed E-state index contributed by atoms with van der Waals surface area (Å²) in [5, 5.41) is 55.0. The third-order valence-electron chi connectivity index (χ3n) is 5.39. The second kappa shape index (κ2) is 16.9. The van der Waals surface area contributed by atoms with Gasteiger partial charge in [0, 0.05) is 12.8 Å². The maximum atomic E-state index is 12.9. The van der Waals surface area contributed by atoms with E-state index >= 15 is 0 Å². The Morgan fingerprint density at radius 1 is 0.667 bits per heavy atom. The van der Waals surface area contributed by atoms with Crippen LogP contribution in [0.2, 0.25) is 0 Å². The molecule has 4 amide bonds. The zero-order chi connectivity index (χ0) is 30.4. The van der Waals surface area contributed by atoms with E-state index in [4.69, 9.17) is 15.9 Å². The molecule has 0 aliphatic carbocycles. The number of nitrogens with two attached hydrogens (primary N) is 1. The summed E-state index contributed by atoms with van der Waals surface area (Å²) in [4.78, 5) is 83.1. The molecule has 222 valence electrons. The van der Waals surface area contributed by atoms with Crippen molar-refractivity contribution in [2.75, 3.05) is 6.61 Å². The maximum Gasteiger partial charge on any atom is 0.326 e. The first-order valence-electron chi connectivity index (χ1n) is 11.9. The van der Waals surface area contributed by atoms with Crippen LogP contribution < -0.4 is 27.0 Å². The van der Waals surface area contributed by atoms with Crippen LogP contribution in [0.5, 0.6) is 0 Å². The Balaban J connectivity index is 5.47. The highest BCUT2D eigenvalue weighted by Gasteiger charge is 2.34. The normalized spacial score (nSPS) is 15.6. The van der Waals surface area contributed by atoms with E-state index < -0.39 is 110 Å². The predicted octanol–water partition coefficient (Wildman–Crippen LogP) is -3.90. The van der Waals surface area contributed by atoms with Crippen molar-refractivity contribution in [2.24, 2.45) is 11.7 Å². The van der Waals surface area contributed by atoms with Crippen molar-refractivity contribution in [1.29, 1.82) is 0 Å². The molecule has 17 nitrogen and oxygen atoms in total. The molecule has 39 heavy (non-hydrogen) atoms. The molecule has 0 rings (SSSR count). The average Bonchev–Trinajstić information content (AvgIpc) is 2.83. The van der Waals surface area contributed by atoms with Crippen LogP contribution in [0, 0.1) is 5.92 Å². The van der Waals surface area contributed by atoms with Crippen LogP contribution in [-0.4, -0.2) is 110 Å². The van der Waals surface area contributed by atoms with Crippen LogP contribution in [0.1, 0.15) is 46.5 Å². The van der Waals surface area contributed by atoms with Gasteiger partial charge in [-0.1, -0.05) is 13.8 Å². The second-order valence-corrected chi connectivity index (χ2v) is 9.07. The Bertz CT molecular complexity index is 910. The number of rotatable bonds is 18. The van der Waals surface area contributed by atoms with Gasteiger partial charge in [-0.3, -0.25) is 28.8 Å². The Kier molecular flexibility index (Phi) is 15.2. The molecule has 0 aliphatic heterocycles. The first kappa shape index (κ1) is 35.2. The molecule has 6 atom stereocenters. The molecule has 0 saturated heterocycles. The molecule has 0 radical (unpaired) electrons. The van der Waals surface area contributed by atoms with Crippen molar-refractivity contribution in [3.05, 3.63) is 0 Å². The number of aliphatic hydroxyl groups excluding tert-OH is 2. The Hall–Kier alpha value is -3.83. The van der Waals surface area contributed by atoms with Gasteiger partial charge in [-0.05, 0) is 25.7 Å². The highest BCUT2D eigenvalue weighted by molar-refractivity contribution is 5.95. The fraction of sp³-hybridized carbons (Fsp3) is 0.682. The maximum absolute atomic E-state index is 12.9. The van der Waals surface area contributed by atoms with E-state index in [1.807, 2.05) is 0 Å². The fourth-order valence-corrected chi connectivity index (χ4v) is 3.11. The first-order chi connectivity index (χ1) is 18.0. The number of amides is 4. The minimum atomic E-state index is -1.69. The van der Waals surface area contributed by atoms with Crippen molar-refractivity contribution >= 4 is 41.5 Å². The van der Waals surface area contributed by atoms with Gasteiger partial charge in [-0.25, -0.2) is 4.79 Å². The fourth-order valence-electron chi connectivity index (χ4n) is 3.11.